The molecule has 124 valence electrons. The van der Waals surface area contributed by atoms with Crippen LogP contribution in [0.3, 0.4) is 0 Å². The van der Waals surface area contributed by atoms with Gasteiger partial charge in [-0.2, -0.15) is 4.98 Å². The van der Waals surface area contributed by atoms with Crippen LogP contribution in [-0.4, -0.2) is 60.9 Å². The predicted octanol–water partition coefficient (Wildman–Crippen LogP) is 1.96. The quantitative estimate of drug-likeness (QED) is 0.752. The average molecular weight is 308 g/mol. The molecule has 0 amide bonds. The number of hydrogen-bond donors (Lipinski definition) is 1. The van der Waals surface area contributed by atoms with E-state index in [1.165, 1.54) is 0 Å². The maximum Gasteiger partial charge on any atom is 0.218 e. The molecule has 6 nitrogen and oxygen atoms in total. The van der Waals surface area contributed by atoms with Crippen molar-refractivity contribution in [3.63, 3.8) is 0 Å². The van der Waals surface area contributed by atoms with Crippen molar-refractivity contribution in [2.24, 2.45) is 0 Å². The highest BCUT2D eigenvalue weighted by Gasteiger charge is 2.10. The van der Waals surface area contributed by atoms with Crippen LogP contribution < -0.4 is 10.1 Å². The highest BCUT2D eigenvalue weighted by Crippen LogP contribution is 2.15. The molecule has 0 spiro atoms. The highest BCUT2D eigenvalue weighted by atomic mass is 16.5. The smallest absolute Gasteiger partial charge is 0.218 e. The first-order chi connectivity index (χ1) is 10.8. The average Bonchev–Trinajstić information content (AvgIpc) is 2.54. The summed E-state index contributed by atoms with van der Waals surface area (Å²) >= 11 is 0. The van der Waals surface area contributed by atoms with Crippen LogP contribution in [0.15, 0.2) is 6.07 Å². The number of anilines is 1. The van der Waals surface area contributed by atoms with Crippen LogP contribution in [0.25, 0.3) is 0 Å². The molecule has 22 heavy (non-hydrogen) atoms. The summed E-state index contributed by atoms with van der Waals surface area (Å²) in [5, 5.41) is 3.39. The van der Waals surface area contributed by atoms with Crippen molar-refractivity contribution < 1.29 is 9.47 Å². The summed E-state index contributed by atoms with van der Waals surface area (Å²) in [4.78, 5) is 11.4. The van der Waals surface area contributed by atoms with Gasteiger partial charge in [-0.25, -0.2) is 4.98 Å². The van der Waals surface area contributed by atoms with Crippen LogP contribution in [0.2, 0.25) is 0 Å². The van der Waals surface area contributed by atoms with Crippen molar-refractivity contribution in [3.8, 4) is 5.88 Å². The van der Waals surface area contributed by atoms with Gasteiger partial charge in [-0.3, -0.25) is 4.90 Å². The number of rotatable bonds is 9. The van der Waals surface area contributed by atoms with E-state index in [0.29, 0.717) is 12.5 Å². The SMILES string of the molecule is CCCOc1cc(NCCN2CCOCC2)nc(CCC)n1. The molecule has 1 N–H and O–H groups in total. The first kappa shape index (κ1) is 17.0. The van der Waals surface area contributed by atoms with Crippen LogP contribution in [0.1, 0.15) is 32.5 Å². The van der Waals surface area contributed by atoms with Gasteiger partial charge < -0.3 is 14.8 Å². The van der Waals surface area contributed by atoms with Gasteiger partial charge >= 0.3 is 0 Å². The minimum atomic E-state index is 0.675. The van der Waals surface area contributed by atoms with E-state index >= 15 is 0 Å². The predicted molar refractivity (Wildman–Crippen MR) is 87.6 cm³/mol. The fourth-order valence-corrected chi connectivity index (χ4v) is 2.35. The summed E-state index contributed by atoms with van der Waals surface area (Å²) in [6.45, 7) is 10.5. The minimum absolute atomic E-state index is 0.675. The van der Waals surface area contributed by atoms with Crippen LogP contribution >= 0.6 is 0 Å². The molecule has 0 atom stereocenters. The van der Waals surface area contributed by atoms with Crippen LogP contribution in [0.4, 0.5) is 5.82 Å². The summed E-state index contributed by atoms with van der Waals surface area (Å²) in [5.74, 6) is 2.39. The Hall–Kier alpha value is -1.40. The monoisotopic (exact) mass is 308 g/mol. The zero-order valence-electron chi connectivity index (χ0n) is 13.8. The second-order valence-electron chi connectivity index (χ2n) is 5.49. The molecule has 2 heterocycles. The van der Waals surface area contributed by atoms with Gasteiger partial charge in [0.25, 0.3) is 0 Å². The molecule has 0 saturated carbocycles. The van der Waals surface area contributed by atoms with Gasteiger partial charge in [0, 0.05) is 38.7 Å². The molecule has 1 aliphatic rings. The van der Waals surface area contributed by atoms with Gasteiger partial charge in [0.2, 0.25) is 5.88 Å². The number of nitrogens with zero attached hydrogens (tertiary/aromatic N) is 3. The van der Waals surface area contributed by atoms with E-state index in [1.807, 2.05) is 6.07 Å². The van der Waals surface area contributed by atoms with Gasteiger partial charge in [-0.15, -0.1) is 0 Å². The summed E-state index contributed by atoms with van der Waals surface area (Å²) in [5.41, 5.74) is 0. The number of aryl methyl sites for hydroxylation is 1. The van der Waals surface area contributed by atoms with Gasteiger partial charge in [0.05, 0.1) is 19.8 Å². The van der Waals surface area contributed by atoms with E-state index in [4.69, 9.17) is 9.47 Å². The second-order valence-corrected chi connectivity index (χ2v) is 5.49. The van der Waals surface area contributed by atoms with Gasteiger partial charge in [0.1, 0.15) is 11.6 Å². The van der Waals surface area contributed by atoms with Crippen molar-refractivity contribution in [2.45, 2.75) is 33.1 Å². The van der Waals surface area contributed by atoms with Crippen LogP contribution in [0, 0.1) is 0 Å². The molecule has 1 aliphatic heterocycles. The zero-order chi connectivity index (χ0) is 15.6. The number of nitrogens with one attached hydrogen (secondary N) is 1. The Morgan fingerprint density at radius 1 is 1.23 bits per heavy atom. The Labute approximate surface area is 133 Å². The molecular weight excluding hydrogens is 280 g/mol. The molecule has 0 radical (unpaired) electrons. The summed E-state index contributed by atoms with van der Waals surface area (Å²) < 4.78 is 11.0. The molecule has 2 rings (SSSR count). The summed E-state index contributed by atoms with van der Waals surface area (Å²) in [7, 11) is 0. The molecule has 0 unspecified atom stereocenters. The number of ether oxygens (including phenoxy) is 2. The molecule has 6 heteroatoms. The van der Waals surface area contributed by atoms with E-state index in [0.717, 1.165) is 70.3 Å². The largest absolute Gasteiger partial charge is 0.478 e. The third kappa shape index (κ3) is 5.77. The summed E-state index contributed by atoms with van der Waals surface area (Å²) in [6.07, 6.45) is 2.89. The summed E-state index contributed by atoms with van der Waals surface area (Å²) in [6, 6.07) is 1.90. The number of hydrogen-bond acceptors (Lipinski definition) is 6. The van der Waals surface area contributed by atoms with Crippen LogP contribution in [0.5, 0.6) is 5.88 Å². The Kier molecular flexibility index (Phi) is 7.39. The molecule has 0 aromatic carbocycles. The van der Waals surface area contributed by atoms with Gasteiger partial charge in [-0.1, -0.05) is 13.8 Å². The first-order valence-corrected chi connectivity index (χ1v) is 8.36. The van der Waals surface area contributed by atoms with E-state index < -0.39 is 0 Å². The van der Waals surface area contributed by atoms with E-state index in [2.05, 4.69) is 34.0 Å². The lowest BCUT2D eigenvalue weighted by molar-refractivity contribution is 0.0398. The molecule has 1 aromatic heterocycles. The molecule has 1 aromatic rings. The standard InChI is InChI=1S/C16H28N4O2/c1-3-5-14-18-15(13-16(19-14)22-10-4-2)17-6-7-20-8-11-21-12-9-20/h13H,3-12H2,1-2H3,(H,17,18,19). The Morgan fingerprint density at radius 2 is 2.05 bits per heavy atom. The Morgan fingerprint density at radius 3 is 2.77 bits per heavy atom. The topological polar surface area (TPSA) is 59.5 Å². The maximum absolute atomic E-state index is 5.66. The molecular formula is C16H28N4O2. The fourth-order valence-electron chi connectivity index (χ4n) is 2.35. The highest BCUT2D eigenvalue weighted by molar-refractivity contribution is 5.38. The van der Waals surface area contributed by atoms with E-state index in [1.54, 1.807) is 0 Å². The minimum Gasteiger partial charge on any atom is -0.478 e. The first-order valence-electron chi connectivity index (χ1n) is 8.36. The normalized spacial score (nSPS) is 15.7. The lowest BCUT2D eigenvalue weighted by atomic mass is 10.3. The van der Waals surface area contributed by atoms with Crippen molar-refractivity contribution >= 4 is 5.82 Å². The third-order valence-electron chi connectivity index (χ3n) is 3.51. The Balaban J connectivity index is 1.88. The number of aromatic nitrogens is 2. The fraction of sp³-hybridized carbons (Fsp3) is 0.750. The Bertz CT molecular complexity index is 436. The molecule has 0 aliphatic carbocycles. The lowest BCUT2D eigenvalue weighted by Crippen LogP contribution is -2.39. The van der Waals surface area contributed by atoms with Crippen molar-refractivity contribution in [3.05, 3.63) is 11.9 Å². The second kappa shape index (κ2) is 9.58. The zero-order valence-corrected chi connectivity index (χ0v) is 13.8. The lowest BCUT2D eigenvalue weighted by Gasteiger charge is -2.26. The van der Waals surface area contributed by atoms with Crippen LogP contribution in [-0.2, 0) is 11.2 Å². The van der Waals surface area contributed by atoms with E-state index in [9.17, 15) is 0 Å². The van der Waals surface area contributed by atoms with Crippen molar-refractivity contribution in [1.82, 2.24) is 14.9 Å². The molecule has 0 bridgehead atoms. The van der Waals surface area contributed by atoms with Gasteiger partial charge in [0.15, 0.2) is 0 Å². The number of morpholine rings is 1. The maximum atomic E-state index is 5.66. The third-order valence-corrected chi connectivity index (χ3v) is 3.51. The van der Waals surface area contributed by atoms with E-state index in [-0.39, 0.29) is 0 Å². The van der Waals surface area contributed by atoms with Crippen molar-refractivity contribution in [1.29, 1.82) is 0 Å². The van der Waals surface area contributed by atoms with Crippen molar-refractivity contribution in [2.75, 3.05) is 51.3 Å². The molecule has 1 saturated heterocycles. The molecule has 1 fully saturated rings. The van der Waals surface area contributed by atoms with Gasteiger partial charge in [-0.05, 0) is 12.8 Å².